The molecule has 2 amide bonds. The molecule has 0 radical (unpaired) electrons. The third-order valence-electron chi connectivity index (χ3n) is 8.36. The molecule has 2 N–H and O–H groups in total. The number of carbonyl (C=O) groups excluding carboxylic acids is 3. The van der Waals surface area contributed by atoms with Crippen LogP contribution in [0, 0.1) is 0 Å². The molecular weight excluding hydrogens is 604 g/mol. The lowest BCUT2D eigenvalue weighted by Crippen LogP contribution is -2.49. The highest BCUT2D eigenvalue weighted by molar-refractivity contribution is 5.89. The van der Waals surface area contributed by atoms with Crippen LogP contribution in [0.5, 0.6) is 0 Å². The highest BCUT2D eigenvalue weighted by Crippen LogP contribution is 2.44. The first kappa shape index (κ1) is 32.6. The molecule has 1 aliphatic carbocycles. The highest BCUT2D eigenvalue weighted by atomic mass is 16.8. The second-order valence-electron chi connectivity index (χ2n) is 12.7. The lowest BCUT2D eigenvalue weighted by Gasteiger charge is -2.20. The molecule has 0 spiro atoms. The fraction of sp³-hybridized carbons (Fsp3) is 0.417. The quantitative estimate of drug-likeness (QED) is 0.308. The number of hydrogen-bond donors (Lipinski definition) is 2. The van der Waals surface area contributed by atoms with Crippen molar-refractivity contribution in [2.45, 2.75) is 76.2 Å². The van der Waals surface area contributed by atoms with E-state index in [9.17, 15) is 14.4 Å². The summed E-state index contributed by atoms with van der Waals surface area (Å²) in [5.41, 5.74) is 5.35. The Bertz CT molecular complexity index is 1560. The number of rotatable bonds is 10. The van der Waals surface area contributed by atoms with E-state index in [1.807, 2.05) is 54.6 Å². The van der Waals surface area contributed by atoms with Gasteiger partial charge >= 0.3 is 12.1 Å². The molecular formula is C36H40N2O9. The molecule has 0 unspecified atom stereocenters. The number of benzene rings is 3. The van der Waals surface area contributed by atoms with Crippen LogP contribution in [0.25, 0.3) is 11.1 Å². The zero-order valence-electron chi connectivity index (χ0n) is 26.9. The van der Waals surface area contributed by atoms with Crippen LogP contribution >= 0.6 is 0 Å². The highest BCUT2D eigenvalue weighted by Gasteiger charge is 2.50. The Hall–Kier alpha value is -4.29. The topological polar surface area (TPSA) is 131 Å². The van der Waals surface area contributed by atoms with Gasteiger partial charge in [-0.3, -0.25) is 4.79 Å². The summed E-state index contributed by atoms with van der Waals surface area (Å²) in [4.78, 5) is 39.0. The van der Waals surface area contributed by atoms with Crippen LogP contribution in [0.1, 0.15) is 50.3 Å². The van der Waals surface area contributed by atoms with Crippen LogP contribution in [0.2, 0.25) is 0 Å². The van der Waals surface area contributed by atoms with E-state index in [4.69, 9.17) is 28.4 Å². The van der Waals surface area contributed by atoms with Crippen LogP contribution in [0.3, 0.4) is 0 Å². The summed E-state index contributed by atoms with van der Waals surface area (Å²) in [6.45, 7) is 7.10. The minimum absolute atomic E-state index is 0.0331. The molecule has 248 valence electrons. The van der Waals surface area contributed by atoms with E-state index in [0.717, 1.165) is 27.8 Å². The first-order valence-corrected chi connectivity index (χ1v) is 15.8. The average molecular weight is 645 g/mol. The van der Waals surface area contributed by atoms with E-state index < -0.39 is 54.0 Å². The second kappa shape index (κ2) is 13.4. The van der Waals surface area contributed by atoms with Gasteiger partial charge in [0.05, 0.1) is 0 Å². The van der Waals surface area contributed by atoms with Gasteiger partial charge in [-0.05, 0) is 55.5 Å². The van der Waals surface area contributed by atoms with Crippen molar-refractivity contribution in [2.24, 2.45) is 0 Å². The molecule has 6 rings (SSSR count). The lowest BCUT2D eigenvalue weighted by atomic mass is 9.98. The molecule has 2 aliphatic heterocycles. The van der Waals surface area contributed by atoms with Gasteiger partial charge in [0.25, 0.3) is 5.91 Å². The van der Waals surface area contributed by atoms with Gasteiger partial charge in [-0.25, -0.2) is 9.59 Å². The van der Waals surface area contributed by atoms with Crippen molar-refractivity contribution in [2.75, 3.05) is 19.7 Å². The Morgan fingerprint density at radius 2 is 1.19 bits per heavy atom. The summed E-state index contributed by atoms with van der Waals surface area (Å²) < 4.78 is 34.7. The molecule has 3 aromatic rings. The van der Waals surface area contributed by atoms with Crippen LogP contribution in [-0.4, -0.2) is 73.7 Å². The second-order valence-corrected chi connectivity index (χ2v) is 12.7. The smallest absolute Gasteiger partial charge is 0.407 e. The SMILES string of the molecule is CC1(C)O[C@@H](CNC(=O)OCC2c3ccccc3-c3ccccc32)[C@@H](CNC(=O)[C@@H]2OC(C)(C)O[C@@H]2C(=O)OCc2ccccc2)O1. The first-order chi connectivity index (χ1) is 22.5. The molecule has 11 heteroatoms. The summed E-state index contributed by atoms with van der Waals surface area (Å²) in [7, 11) is 0. The molecule has 0 aromatic heterocycles. The molecule has 2 heterocycles. The zero-order valence-corrected chi connectivity index (χ0v) is 26.9. The molecule has 11 nitrogen and oxygen atoms in total. The number of nitrogens with one attached hydrogen (secondary N) is 2. The Kier molecular flexibility index (Phi) is 9.34. The summed E-state index contributed by atoms with van der Waals surface area (Å²) in [6.07, 6.45) is -4.27. The summed E-state index contributed by atoms with van der Waals surface area (Å²) in [5.74, 6) is -3.46. The van der Waals surface area contributed by atoms with E-state index in [1.165, 1.54) is 0 Å². The van der Waals surface area contributed by atoms with Gasteiger partial charge in [0.15, 0.2) is 23.8 Å². The number of alkyl carbamates (subject to hydrolysis) is 1. The van der Waals surface area contributed by atoms with Crippen molar-refractivity contribution in [1.29, 1.82) is 0 Å². The summed E-state index contributed by atoms with van der Waals surface area (Å²) >= 11 is 0. The molecule has 4 atom stereocenters. The van der Waals surface area contributed by atoms with Crippen LogP contribution in [-0.2, 0) is 44.6 Å². The maximum absolute atomic E-state index is 13.3. The van der Waals surface area contributed by atoms with E-state index in [1.54, 1.807) is 27.7 Å². The maximum atomic E-state index is 13.3. The number of hydrogen-bond acceptors (Lipinski definition) is 9. The van der Waals surface area contributed by atoms with Gasteiger partial charge in [-0.1, -0.05) is 78.9 Å². The monoisotopic (exact) mass is 644 g/mol. The fourth-order valence-electron chi connectivity index (χ4n) is 6.33. The predicted molar refractivity (Wildman–Crippen MR) is 170 cm³/mol. The molecule has 3 aromatic carbocycles. The first-order valence-electron chi connectivity index (χ1n) is 15.8. The van der Waals surface area contributed by atoms with Crippen LogP contribution < -0.4 is 10.6 Å². The number of fused-ring (bicyclic) bond motifs is 3. The number of esters is 1. The molecule has 47 heavy (non-hydrogen) atoms. The average Bonchev–Trinajstić information content (AvgIpc) is 3.68. The van der Waals surface area contributed by atoms with E-state index in [-0.39, 0.29) is 32.2 Å². The van der Waals surface area contributed by atoms with Crippen molar-refractivity contribution in [3.63, 3.8) is 0 Å². The van der Waals surface area contributed by atoms with Crippen LogP contribution in [0.15, 0.2) is 78.9 Å². The normalized spacial score (nSPS) is 23.8. The number of carbonyl (C=O) groups is 3. The van der Waals surface area contributed by atoms with Crippen molar-refractivity contribution in [3.05, 3.63) is 95.6 Å². The maximum Gasteiger partial charge on any atom is 0.407 e. The number of amides is 2. The van der Waals surface area contributed by atoms with Crippen molar-refractivity contribution >= 4 is 18.0 Å². The van der Waals surface area contributed by atoms with Gasteiger partial charge in [-0.2, -0.15) is 0 Å². The van der Waals surface area contributed by atoms with Gasteiger partial charge < -0.3 is 39.1 Å². The lowest BCUT2D eigenvalue weighted by molar-refractivity contribution is -0.171. The minimum Gasteiger partial charge on any atom is -0.459 e. The Labute approximate surface area is 273 Å². The van der Waals surface area contributed by atoms with E-state index in [2.05, 4.69) is 34.9 Å². The Morgan fingerprint density at radius 1 is 0.660 bits per heavy atom. The third-order valence-corrected chi connectivity index (χ3v) is 8.36. The standard InChI is InChI=1S/C36H40N2O9/c1-35(2)44-28(18-37-32(39)30-31(47-36(3,4)46-30)33(40)42-20-22-12-6-5-7-13-22)29(45-35)19-38-34(41)43-21-27-25-16-10-8-14-23(25)24-15-9-11-17-26(24)27/h5-17,27-31H,18-21H2,1-4H3,(H,37,39)(H,38,41)/t28-,29+,30-,31+/m1/s1. The van der Waals surface area contributed by atoms with Crippen molar-refractivity contribution in [3.8, 4) is 11.1 Å². The van der Waals surface area contributed by atoms with Crippen molar-refractivity contribution < 1.29 is 42.8 Å². The van der Waals surface area contributed by atoms with E-state index >= 15 is 0 Å². The van der Waals surface area contributed by atoms with Gasteiger partial charge in [0.1, 0.15) is 25.4 Å². The minimum atomic E-state index is -1.25. The Balaban J connectivity index is 1.01. The van der Waals surface area contributed by atoms with Gasteiger partial charge in [-0.15, -0.1) is 0 Å². The molecule has 0 bridgehead atoms. The van der Waals surface area contributed by atoms with Crippen molar-refractivity contribution in [1.82, 2.24) is 10.6 Å². The largest absolute Gasteiger partial charge is 0.459 e. The fourth-order valence-corrected chi connectivity index (χ4v) is 6.33. The van der Waals surface area contributed by atoms with Gasteiger partial charge in [0, 0.05) is 19.0 Å². The summed E-state index contributed by atoms with van der Waals surface area (Å²) in [5, 5.41) is 5.58. The molecule has 2 fully saturated rings. The van der Waals surface area contributed by atoms with E-state index in [0.29, 0.717) is 0 Å². The zero-order chi connectivity index (χ0) is 33.2. The molecule has 2 saturated heterocycles. The van der Waals surface area contributed by atoms with Gasteiger partial charge in [0.2, 0.25) is 0 Å². The molecule has 0 saturated carbocycles. The third kappa shape index (κ3) is 7.49. The predicted octanol–water partition coefficient (Wildman–Crippen LogP) is 4.42. The Morgan fingerprint density at radius 3 is 1.83 bits per heavy atom. The number of ether oxygens (including phenoxy) is 6. The summed E-state index contributed by atoms with van der Waals surface area (Å²) in [6, 6.07) is 25.5. The molecule has 3 aliphatic rings. The van der Waals surface area contributed by atoms with Crippen LogP contribution in [0.4, 0.5) is 4.79 Å².